The number of Topliss-reactive ketones (excluding diaryl/α,β-unsaturated/α-hetero) is 1. The highest BCUT2D eigenvalue weighted by atomic mass is 35.5. The molecule has 2 amide bonds. The van der Waals surface area contributed by atoms with Crippen LogP contribution in [0.15, 0.2) is 42.5 Å². The summed E-state index contributed by atoms with van der Waals surface area (Å²) in [6.07, 6.45) is 5.05. The number of rotatable bonds is 11. The van der Waals surface area contributed by atoms with Crippen molar-refractivity contribution in [3.8, 4) is 5.75 Å². The van der Waals surface area contributed by atoms with Gasteiger partial charge in [-0.25, -0.2) is 4.79 Å². The molecule has 0 bridgehead atoms. The fourth-order valence-corrected chi connectivity index (χ4v) is 4.51. The Morgan fingerprint density at radius 1 is 1.03 bits per heavy atom. The van der Waals surface area contributed by atoms with E-state index in [-0.39, 0.29) is 24.2 Å². The zero-order valence-electron chi connectivity index (χ0n) is 21.3. The summed E-state index contributed by atoms with van der Waals surface area (Å²) in [5, 5.41) is 2.88. The van der Waals surface area contributed by atoms with Crippen LogP contribution in [0.2, 0.25) is 0 Å². The Balaban J connectivity index is 0.00000432. The second-order valence-corrected chi connectivity index (χ2v) is 9.05. The average Bonchev–Trinajstić information content (AvgIpc) is 3.07. The van der Waals surface area contributed by atoms with Gasteiger partial charge in [0.05, 0.1) is 7.11 Å². The molecule has 0 aliphatic carbocycles. The molecule has 192 valence electrons. The summed E-state index contributed by atoms with van der Waals surface area (Å²) in [5.41, 5.74) is 4.48. The lowest BCUT2D eigenvalue weighted by Crippen LogP contribution is -2.41. The molecule has 0 radical (unpaired) electrons. The number of ketones is 1. The number of carbonyl (C=O) groups excluding carboxylic acids is 2. The maximum Gasteiger partial charge on any atom is 0.317 e. The van der Waals surface area contributed by atoms with E-state index >= 15 is 0 Å². The summed E-state index contributed by atoms with van der Waals surface area (Å²) < 4.78 is 5.44. The highest BCUT2D eigenvalue weighted by molar-refractivity contribution is 5.96. The van der Waals surface area contributed by atoms with E-state index < -0.39 is 0 Å². The molecule has 3 rings (SSSR count). The Bertz CT molecular complexity index is 966. The Morgan fingerprint density at radius 3 is 2.51 bits per heavy atom. The molecule has 0 unspecified atom stereocenters. The first-order valence-electron chi connectivity index (χ1n) is 12.5. The van der Waals surface area contributed by atoms with Crippen molar-refractivity contribution in [2.24, 2.45) is 0 Å². The number of fused-ring (bicyclic) bond motifs is 1. The first kappa shape index (κ1) is 28.7. The number of hydrogen-bond acceptors (Lipinski definition) is 4. The molecule has 1 N–H and O–H groups in total. The first-order chi connectivity index (χ1) is 16.5. The number of hydrogen-bond donors (Lipinski definition) is 1. The van der Waals surface area contributed by atoms with Crippen LogP contribution in [0.4, 0.5) is 4.79 Å². The summed E-state index contributed by atoms with van der Waals surface area (Å²) in [6.45, 7) is 5.92. The predicted molar refractivity (Wildman–Crippen MR) is 144 cm³/mol. The van der Waals surface area contributed by atoms with Crippen molar-refractivity contribution in [1.29, 1.82) is 0 Å². The molecule has 2 aromatic carbocycles. The molecule has 0 fully saturated rings. The second-order valence-electron chi connectivity index (χ2n) is 9.05. The van der Waals surface area contributed by atoms with E-state index in [2.05, 4.69) is 35.5 Å². The molecule has 7 heteroatoms. The summed E-state index contributed by atoms with van der Waals surface area (Å²) in [5.74, 6) is 1.16. The summed E-state index contributed by atoms with van der Waals surface area (Å²) >= 11 is 0. The van der Waals surface area contributed by atoms with Crippen LogP contribution in [-0.4, -0.2) is 68.5 Å². The number of halogens is 1. The van der Waals surface area contributed by atoms with Gasteiger partial charge in [-0.15, -0.1) is 12.4 Å². The lowest BCUT2D eigenvalue weighted by molar-refractivity contribution is 0.0978. The number of nitrogens with one attached hydrogen (secondary N) is 1. The van der Waals surface area contributed by atoms with Crippen molar-refractivity contribution in [3.05, 3.63) is 64.7 Å². The van der Waals surface area contributed by atoms with E-state index in [0.717, 1.165) is 63.1 Å². The van der Waals surface area contributed by atoms with Gasteiger partial charge < -0.3 is 19.9 Å². The van der Waals surface area contributed by atoms with Gasteiger partial charge in [-0.1, -0.05) is 30.3 Å². The number of ether oxygens (including phenoxy) is 1. The van der Waals surface area contributed by atoms with Gasteiger partial charge in [0.1, 0.15) is 5.75 Å². The number of methoxy groups -OCH3 is 1. The maximum atomic E-state index is 12.8. The highest BCUT2D eigenvalue weighted by Gasteiger charge is 2.19. The molecule has 6 nitrogen and oxygen atoms in total. The average molecular weight is 502 g/mol. The molecule has 35 heavy (non-hydrogen) atoms. The van der Waals surface area contributed by atoms with Gasteiger partial charge in [0.25, 0.3) is 0 Å². The van der Waals surface area contributed by atoms with Crippen LogP contribution in [-0.2, 0) is 19.3 Å². The third-order valence-corrected chi connectivity index (χ3v) is 6.59. The fourth-order valence-electron chi connectivity index (χ4n) is 4.51. The zero-order valence-corrected chi connectivity index (χ0v) is 22.2. The summed E-state index contributed by atoms with van der Waals surface area (Å²) in [7, 11) is 3.85. The molecule has 1 aliphatic heterocycles. The van der Waals surface area contributed by atoms with Crippen molar-refractivity contribution in [1.82, 2.24) is 15.1 Å². The number of carbonyl (C=O) groups is 2. The van der Waals surface area contributed by atoms with Gasteiger partial charge in [0.2, 0.25) is 0 Å². The molecule has 2 aromatic rings. The van der Waals surface area contributed by atoms with Crippen molar-refractivity contribution < 1.29 is 14.3 Å². The maximum absolute atomic E-state index is 12.8. The molecule has 0 atom stereocenters. The third kappa shape index (κ3) is 8.55. The minimum absolute atomic E-state index is 0. The van der Waals surface area contributed by atoms with E-state index in [1.54, 1.807) is 7.11 Å². The smallest absolute Gasteiger partial charge is 0.317 e. The van der Waals surface area contributed by atoms with E-state index in [4.69, 9.17) is 4.74 Å². The van der Waals surface area contributed by atoms with Crippen LogP contribution in [0.25, 0.3) is 0 Å². The molecular formula is C28H40ClN3O3. The number of unbranched alkanes of at least 4 members (excludes halogenated alkanes) is 1. The fraction of sp³-hybridized carbons (Fsp3) is 0.500. The lowest BCUT2D eigenvalue weighted by atomic mass is 9.97. The Labute approximate surface area is 216 Å². The van der Waals surface area contributed by atoms with Crippen molar-refractivity contribution in [3.63, 3.8) is 0 Å². The number of nitrogens with zero attached hydrogens (tertiary/aromatic N) is 2. The number of likely N-dealkylation sites (N-methyl/N-ethyl adjacent to an activating group) is 1. The van der Waals surface area contributed by atoms with E-state index in [0.29, 0.717) is 19.5 Å². The zero-order chi connectivity index (χ0) is 24.3. The van der Waals surface area contributed by atoms with Gasteiger partial charge in [-0.05, 0) is 81.4 Å². The number of urea groups is 1. The standard InChI is InChI=1S/C28H39N3O3.ClH/c1-4-29-28(33)31-19-15-22-12-13-25(21-24(22)16-20-31)26(32)10-7-8-17-30(2)18-14-23-9-5-6-11-27(23)34-3;/h5-6,9,11-13,21H,4,7-8,10,14-20H2,1-3H3,(H,29,33);1H. The van der Waals surface area contributed by atoms with Crippen molar-refractivity contribution >= 4 is 24.2 Å². The Morgan fingerprint density at radius 2 is 1.77 bits per heavy atom. The van der Waals surface area contributed by atoms with Crippen molar-refractivity contribution in [2.75, 3.05) is 46.9 Å². The minimum Gasteiger partial charge on any atom is -0.496 e. The molecular weight excluding hydrogens is 462 g/mol. The van der Waals surface area contributed by atoms with Crippen LogP contribution in [0.3, 0.4) is 0 Å². The van der Waals surface area contributed by atoms with Gasteiger partial charge in [0, 0.05) is 38.2 Å². The molecule has 0 aromatic heterocycles. The van der Waals surface area contributed by atoms with Crippen LogP contribution in [0.5, 0.6) is 5.75 Å². The Kier molecular flexibility index (Phi) is 12.1. The molecule has 1 aliphatic rings. The number of benzene rings is 2. The lowest BCUT2D eigenvalue weighted by Gasteiger charge is -2.20. The van der Waals surface area contributed by atoms with Gasteiger partial charge in [0.15, 0.2) is 5.78 Å². The third-order valence-electron chi connectivity index (χ3n) is 6.59. The normalized spacial score (nSPS) is 13.0. The van der Waals surface area contributed by atoms with Crippen LogP contribution in [0, 0.1) is 0 Å². The van der Waals surface area contributed by atoms with Gasteiger partial charge in [-0.2, -0.15) is 0 Å². The molecule has 0 spiro atoms. The monoisotopic (exact) mass is 501 g/mol. The Hall–Kier alpha value is -2.57. The van der Waals surface area contributed by atoms with Crippen LogP contribution in [0.1, 0.15) is 53.2 Å². The van der Waals surface area contributed by atoms with Crippen LogP contribution < -0.4 is 10.1 Å². The summed E-state index contributed by atoms with van der Waals surface area (Å²) in [6, 6.07) is 14.3. The van der Waals surface area contributed by atoms with Gasteiger partial charge >= 0.3 is 6.03 Å². The molecule has 0 saturated carbocycles. The predicted octanol–water partition coefficient (Wildman–Crippen LogP) is 4.77. The second kappa shape index (κ2) is 14.7. The first-order valence-corrected chi connectivity index (χ1v) is 12.5. The largest absolute Gasteiger partial charge is 0.496 e. The molecule has 0 saturated heterocycles. The molecule has 1 heterocycles. The summed E-state index contributed by atoms with van der Waals surface area (Å²) in [4.78, 5) is 29.2. The van der Waals surface area contributed by atoms with Crippen molar-refractivity contribution in [2.45, 2.75) is 45.4 Å². The topological polar surface area (TPSA) is 61.9 Å². The number of amides is 2. The van der Waals surface area contributed by atoms with E-state index in [1.165, 1.54) is 16.7 Å². The highest BCUT2D eigenvalue weighted by Crippen LogP contribution is 2.20. The SMILES string of the molecule is CCNC(=O)N1CCc2ccc(C(=O)CCCCN(C)CCc3ccccc3OC)cc2CC1.Cl. The van der Waals surface area contributed by atoms with Gasteiger partial charge in [-0.3, -0.25) is 4.79 Å². The minimum atomic E-state index is -0.000482. The van der Waals surface area contributed by atoms with E-state index in [9.17, 15) is 9.59 Å². The van der Waals surface area contributed by atoms with Crippen LogP contribution >= 0.6 is 12.4 Å². The van der Waals surface area contributed by atoms with E-state index in [1.807, 2.05) is 36.1 Å². The number of para-hydroxylation sites is 1. The quantitative estimate of drug-likeness (QED) is 0.355.